The number of hydrogen-bond donors (Lipinski definition) is 2. The van der Waals surface area contributed by atoms with Gasteiger partial charge >= 0.3 is 0 Å². The molecule has 0 bridgehead atoms. The van der Waals surface area contributed by atoms with Gasteiger partial charge in [-0.3, -0.25) is 0 Å². The Morgan fingerprint density at radius 3 is 2.88 bits per heavy atom. The van der Waals surface area contributed by atoms with E-state index >= 15 is 0 Å². The molecule has 1 aromatic heterocycles. The number of nitrogens with zero attached hydrogens (tertiary/aromatic N) is 2. The summed E-state index contributed by atoms with van der Waals surface area (Å²) in [6.45, 7) is 6.23. The molecule has 0 aromatic carbocycles. The number of rotatable bonds is 3. The van der Waals surface area contributed by atoms with Gasteiger partial charge in [0.25, 0.3) is 0 Å². The summed E-state index contributed by atoms with van der Waals surface area (Å²) in [7, 11) is 0. The maximum atomic E-state index is 6.11. The van der Waals surface area contributed by atoms with Gasteiger partial charge in [-0.25, -0.2) is 4.68 Å². The minimum absolute atomic E-state index is 0.338. The van der Waals surface area contributed by atoms with Crippen LogP contribution in [0.2, 0.25) is 0 Å². The van der Waals surface area contributed by atoms with E-state index in [1.807, 2.05) is 23.4 Å². The van der Waals surface area contributed by atoms with Crippen LogP contribution in [-0.2, 0) is 0 Å². The molecule has 0 saturated carbocycles. The van der Waals surface area contributed by atoms with Crippen LogP contribution in [0.15, 0.2) is 0 Å². The first-order valence-electron chi connectivity index (χ1n) is 6.28. The van der Waals surface area contributed by atoms with Crippen LogP contribution in [0.3, 0.4) is 0 Å². The van der Waals surface area contributed by atoms with Crippen LogP contribution < -0.4 is 11.1 Å². The zero-order valence-electron chi connectivity index (χ0n) is 10.9. The molecule has 1 aromatic rings. The molecule has 0 radical (unpaired) electrons. The van der Waals surface area contributed by atoms with Crippen LogP contribution >= 0.6 is 11.8 Å². The Kier molecular flexibility index (Phi) is 3.86. The molecule has 2 rings (SSSR count). The second-order valence-corrected chi connectivity index (χ2v) is 6.09. The second-order valence-electron chi connectivity index (χ2n) is 4.94. The van der Waals surface area contributed by atoms with Crippen molar-refractivity contribution in [2.24, 2.45) is 0 Å². The molecule has 4 nitrogen and oxygen atoms in total. The van der Waals surface area contributed by atoms with Gasteiger partial charge in [0, 0.05) is 17.8 Å². The van der Waals surface area contributed by atoms with Crippen molar-refractivity contribution in [1.29, 1.82) is 0 Å². The van der Waals surface area contributed by atoms with Crippen molar-refractivity contribution in [1.82, 2.24) is 9.78 Å². The highest BCUT2D eigenvalue weighted by Gasteiger charge is 2.19. The lowest BCUT2D eigenvalue weighted by Gasteiger charge is -2.24. The molecule has 96 valence electrons. The Bertz CT molecular complexity index is 380. The number of nitrogens with two attached hydrogens (primary N) is 1. The second kappa shape index (κ2) is 5.21. The summed E-state index contributed by atoms with van der Waals surface area (Å²) in [6, 6.07) is 0.870. The number of anilines is 2. The topological polar surface area (TPSA) is 55.9 Å². The lowest BCUT2D eigenvalue weighted by atomic mass is 10.2. The zero-order valence-corrected chi connectivity index (χ0v) is 11.7. The molecule has 1 aliphatic rings. The van der Waals surface area contributed by atoms with Crippen molar-refractivity contribution in [3.05, 3.63) is 5.69 Å². The number of hydrogen-bond acceptors (Lipinski definition) is 4. The number of thioether (sulfide) groups is 1. The minimum Gasteiger partial charge on any atom is -0.394 e. The molecular formula is C12H22N4S. The highest BCUT2D eigenvalue weighted by Crippen LogP contribution is 2.28. The molecule has 1 saturated heterocycles. The molecule has 3 N–H and O–H groups in total. The van der Waals surface area contributed by atoms with E-state index in [-0.39, 0.29) is 0 Å². The Labute approximate surface area is 107 Å². The summed E-state index contributed by atoms with van der Waals surface area (Å²) >= 11 is 2.02. The maximum absolute atomic E-state index is 6.11. The third-order valence-corrected chi connectivity index (χ3v) is 4.34. The van der Waals surface area contributed by atoms with E-state index in [0.717, 1.165) is 17.2 Å². The van der Waals surface area contributed by atoms with E-state index in [4.69, 9.17) is 5.73 Å². The SMILES string of the molecule is Cc1nn(C(C)C)c(NC2CCCSC2)c1N. The predicted molar refractivity (Wildman–Crippen MR) is 75.7 cm³/mol. The van der Waals surface area contributed by atoms with Gasteiger partial charge in [0.05, 0.1) is 11.4 Å². The van der Waals surface area contributed by atoms with Gasteiger partial charge in [-0.1, -0.05) is 0 Å². The highest BCUT2D eigenvalue weighted by molar-refractivity contribution is 7.99. The van der Waals surface area contributed by atoms with Crippen molar-refractivity contribution in [3.63, 3.8) is 0 Å². The average Bonchev–Trinajstić information content (AvgIpc) is 2.59. The zero-order chi connectivity index (χ0) is 12.4. The van der Waals surface area contributed by atoms with E-state index in [9.17, 15) is 0 Å². The molecule has 5 heteroatoms. The van der Waals surface area contributed by atoms with Gasteiger partial charge in [-0.15, -0.1) is 0 Å². The minimum atomic E-state index is 0.338. The van der Waals surface area contributed by atoms with Gasteiger partial charge < -0.3 is 11.1 Å². The van der Waals surface area contributed by atoms with Crippen LogP contribution in [0.5, 0.6) is 0 Å². The van der Waals surface area contributed by atoms with Crippen LogP contribution in [0, 0.1) is 6.92 Å². The molecule has 1 aliphatic heterocycles. The molecule has 17 heavy (non-hydrogen) atoms. The van der Waals surface area contributed by atoms with Crippen LogP contribution in [0.4, 0.5) is 11.5 Å². The van der Waals surface area contributed by atoms with E-state index < -0.39 is 0 Å². The van der Waals surface area contributed by atoms with Crippen molar-refractivity contribution < 1.29 is 0 Å². The van der Waals surface area contributed by atoms with E-state index in [1.165, 1.54) is 24.3 Å². The van der Waals surface area contributed by atoms with Crippen molar-refractivity contribution in [2.45, 2.75) is 45.7 Å². The maximum Gasteiger partial charge on any atom is 0.148 e. The molecule has 0 amide bonds. The quantitative estimate of drug-likeness (QED) is 0.870. The lowest BCUT2D eigenvalue weighted by molar-refractivity contribution is 0.529. The van der Waals surface area contributed by atoms with Crippen molar-refractivity contribution in [3.8, 4) is 0 Å². The van der Waals surface area contributed by atoms with Crippen LogP contribution in [0.25, 0.3) is 0 Å². The van der Waals surface area contributed by atoms with Gasteiger partial charge in [0.1, 0.15) is 5.82 Å². The first-order chi connectivity index (χ1) is 8.09. The van der Waals surface area contributed by atoms with E-state index in [0.29, 0.717) is 12.1 Å². The smallest absolute Gasteiger partial charge is 0.148 e. The summed E-state index contributed by atoms with van der Waals surface area (Å²) in [6.07, 6.45) is 2.52. The Morgan fingerprint density at radius 2 is 2.29 bits per heavy atom. The molecule has 1 unspecified atom stereocenters. The van der Waals surface area contributed by atoms with E-state index in [1.54, 1.807) is 0 Å². The van der Waals surface area contributed by atoms with Crippen molar-refractivity contribution >= 4 is 23.3 Å². The van der Waals surface area contributed by atoms with Gasteiger partial charge in [-0.05, 0) is 39.4 Å². The molecule has 1 atom stereocenters. The van der Waals surface area contributed by atoms with Gasteiger partial charge in [0.2, 0.25) is 0 Å². The summed E-state index contributed by atoms with van der Waals surface area (Å²) in [4.78, 5) is 0. The first kappa shape index (κ1) is 12.6. The number of aromatic nitrogens is 2. The summed E-state index contributed by atoms with van der Waals surface area (Å²) in [5, 5.41) is 8.07. The van der Waals surface area contributed by atoms with Crippen LogP contribution in [0.1, 0.15) is 38.4 Å². The Morgan fingerprint density at radius 1 is 1.53 bits per heavy atom. The monoisotopic (exact) mass is 254 g/mol. The predicted octanol–water partition coefficient (Wildman–Crippen LogP) is 2.66. The molecule has 0 aliphatic carbocycles. The van der Waals surface area contributed by atoms with Crippen molar-refractivity contribution in [2.75, 3.05) is 22.6 Å². The van der Waals surface area contributed by atoms with Gasteiger partial charge in [-0.2, -0.15) is 16.9 Å². The number of nitrogen functional groups attached to an aromatic ring is 1. The normalized spacial score (nSPS) is 20.8. The Hall–Kier alpha value is -0.840. The first-order valence-corrected chi connectivity index (χ1v) is 7.44. The number of nitrogens with one attached hydrogen (secondary N) is 1. The lowest BCUT2D eigenvalue weighted by Crippen LogP contribution is -2.27. The summed E-state index contributed by atoms with van der Waals surface area (Å²) in [5.41, 5.74) is 7.83. The highest BCUT2D eigenvalue weighted by atomic mass is 32.2. The fourth-order valence-corrected chi connectivity index (χ4v) is 3.20. The average molecular weight is 254 g/mol. The molecule has 2 heterocycles. The molecule has 0 spiro atoms. The third-order valence-electron chi connectivity index (χ3n) is 3.12. The standard InChI is InChI=1S/C12H22N4S/c1-8(2)16-12(11(13)9(3)15-16)14-10-5-4-6-17-7-10/h8,10,14H,4-7,13H2,1-3H3. The number of aryl methyl sites for hydroxylation is 1. The fourth-order valence-electron chi connectivity index (χ4n) is 2.13. The van der Waals surface area contributed by atoms with Crippen LogP contribution in [-0.4, -0.2) is 27.3 Å². The third kappa shape index (κ3) is 2.70. The van der Waals surface area contributed by atoms with Gasteiger partial charge in [0.15, 0.2) is 0 Å². The Balaban J connectivity index is 2.18. The summed E-state index contributed by atoms with van der Waals surface area (Å²) in [5.74, 6) is 3.46. The fraction of sp³-hybridized carbons (Fsp3) is 0.750. The largest absolute Gasteiger partial charge is 0.394 e. The molecule has 1 fully saturated rings. The van der Waals surface area contributed by atoms with E-state index in [2.05, 4.69) is 24.3 Å². The summed E-state index contributed by atoms with van der Waals surface area (Å²) < 4.78 is 2.00. The molecular weight excluding hydrogens is 232 g/mol.